The summed E-state index contributed by atoms with van der Waals surface area (Å²) in [6.07, 6.45) is -1.48. The van der Waals surface area contributed by atoms with Crippen LogP contribution in [-0.2, 0) is 10.0 Å². The standard InChI is InChI=1S/C30H45NO4S/c1-17(2)23-15-26(20(7)8)28(27(16-23)21(9)10)22(11)36(34,35)31(30(32)33)29-24(18(3)4)13-12-14-25(29)19(5)6/h12-22H,1-11H3,(H,32,33). The summed E-state index contributed by atoms with van der Waals surface area (Å²) in [6.45, 7) is 22.0. The number of hydrogen-bond donors (Lipinski definition) is 1. The highest BCUT2D eigenvalue weighted by Crippen LogP contribution is 2.43. The van der Waals surface area contributed by atoms with Gasteiger partial charge in [-0.25, -0.2) is 13.2 Å². The van der Waals surface area contributed by atoms with Gasteiger partial charge in [-0.1, -0.05) is 99.6 Å². The lowest BCUT2D eigenvalue weighted by atomic mass is 9.83. The lowest BCUT2D eigenvalue weighted by Gasteiger charge is -2.32. The zero-order valence-corrected chi connectivity index (χ0v) is 24.7. The average Bonchev–Trinajstić information content (AvgIpc) is 2.76. The Morgan fingerprint density at radius 3 is 1.39 bits per heavy atom. The number of amides is 1. The van der Waals surface area contributed by atoms with Gasteiger partial charge in [-0.05, 0) is 69.9 Å². The van der Waals surface area contributed by atoms with Gasteiger partial charge in [0.05, 0.1) is 5.69 Å². The number of carbonyl (C=O) groups is 1. The first-order valence-corrected chi connectivity index (χ1v) is 14.6. The van der Waals surface area contributed by atoms with Gasteiger partial charge in [0.1, 0.15) is 5.25 Å². The molecule has 0 aromatic heterocycles. The fraction of sp³-hybridized carbons (Fsp3) is 0.567. The molecule has 0 saturated heterocycles. The van der Waals surface area contributed by atoms with Crippen LogP contribution in [0.1, 0.15) is 144 Å². The molecule has 1 unspecified atom stereocenters. The third-order valence-electron chi connectivity index (χ3n) is 7.00. The van der Waals surface area contributed by atoms with E-state index < -0.39 is 21.4 Å². The van der Waals surface area contributed by atoms with Gasteiger partial charge in [-0.15, -0.1) is 0 Å². The molecule has 1 N–H and O–H groups in total. The van der Waals surface area contributed by atoms with Gasteiger partial charge in [-0.3, -0.25) is 0 Å². The molecule has 0 bridgehead atoms. The topological polar surface area (TPSA) is 74.7 Å². The Hall–Kier alpha value is -2.34. The van der Waals surface area contributed by atoms with Gasteiger partial charge in [0, 0.05) is 0 Å². The maximum absolute atomic E-state index is 14.3. The van der Waals surface area contributed by atoms with Crippen molar-refractivity contribution >= 4 is 21.8 Å². The number of carboxylic acid groups (broad SMARTS) is 1. The second kappa shape index (κ2) is 11.4. The number of benzene rings is 2. The summed E-state index contributed by atoms with van der Waals surface area (Å²) < 4.78 is 29.3. The van der Waals surface area contributed by atoms with Gasteiger partial charge >= 0.3 is 6.09 Å². The molecular weight excluding hydrogens is 470 g/mol. The summed E-state index contributed by atoms with van der Waals surface area (Å²) in [5, 5.41) is 9.35. The first-order valence-electron chi connectivity index (χ1n) is 13.1. The van der Waals surface area contributed by atoms with Crippen molar-refractivity contribution < 1.29 is 18.3 Å². The average molecular weight is 516 g/mol. The third-order valence-corrected chi connectivity index (χ3v) is 8.98. The van der Waals surface area contributed by atoms with Crippen LogP contribution in [0.2, 0.25) is 0 Å². The van der Waals surface area contributed by atoms with E-state index in [2.05, 4.69) is 53.7 Å². The lowest BCUT2D eigenvalue weighted by molar-refractivity contribution is 0.206. The third kappa shape index (κ3) is 5.80. The van der Waals surface area contributed by atoms with E-state index in [-0.39, 0.29) is 29.4 Å². The van der Waals surface area contributed by atoms with E-state index in [0.717, 1.165) is 22.3 Å². The van der Waals surface area contributed by atoms with Crippen molar-refractivity contribution in [3.63, 3.8) is 0 Å². The Kier molecular flexibility index (Phi) is 9.44. The van der Waals surface area contributed by atoms with E-state index in [1.807, 2.05) is 45.9 Å². The highest BCUT2D eigenvalue weighted by molar-refractivity contribution is 7.93. The van der Waals surface area contributed by atoms with Gasteiger partial charge in [0.15, 0.2) is 0 Å². The molecule has 2 aromatic rings. The molecule has 0 saturated carbocycles. The van der Waals surface area contributed by atoms with Gasteiger partial charge < -0.3 is 5.11 Å². The molecule has 36 heavy (non-hydrogen) atoms. The van der Waals surface area contributed by atoms with Crippen molar-refractivity contribution in [3.05, 3.63) is 63.7 Å². The van der Waals surface area contributed by atoms with E-state index >= 15 is 0 Å². The number of anilines is 1. The van der Waals surface area contributed by atoms with E-state index in [9.17, 15) is 18.3 Å². The molecule has 5 nitrogen and oxygen atoms in total. The number of sulfonamides is 1. The number of rotatable bonds is 9. The number of nitrogens with zero attached hydrogens (tertiary/aromatic N) is 1. The predicted octanol–water partition coefficient (Wildman–Crippen LogP) is 8.88. The van der Waals surface area contributed by atoms with E-state index in [1.54, 1.807) is 6.92 Å². The summed E-state index contributed by atoms with van der Waals surface area (Å²) in [7, 11) is -4.33. The Bertz CT molecular complexity index is 1140. The maximum atomic E-state index is 14.3. The summed E-state index contributed by atoms with van der Waals surface area (Å²) in [5.74, 6) is 0.369. The van der Waals surface area contributed by atoms with Crippen molar-refractivity contribution in [3.8, 4) is 0 Å². The molecule has 2 aromatic carbocycles. The summed E-state index contributed by atoms with van der Waals surface area (Å²) in [4.78, 5) is 12.8. The fourth-order valence-corrected chi connectivity index (χ4v) is 6.44. The summed E-state index contributed by atoms with van der Waals surface area (Å²) in [6, 6.07) is 9.75. The molecule has 0 spiro atoms. The van der Waals surface area contributed by atoms with Gasteiger partial charge in [0.25, 0.3) is 10.0 Å². The lowest BCUT2D eigenvalue weighted by Crippen LogP contribution is -2.40. The van der Waals surface area contributed by atoms with Crippen molar-refractivity contribution in [2.75, 3.05) is 4.31 Å². The highest BCUT2D eigenvalue weighted by atomic mass is 32.2. The Labute approximate surface area is 219 Å². The van der Waals surface area contributed by atoms with Crippen LogP contribution in [0.4, 0.5) is 10.5 Å². The first-order chi connectivity index (χ1) is 16.5. The molecule has 6 heteroatoms. The molecule has 0 radical (unpaired) electrons. The van der Waals surface area contributed by atoms with Crippen LogP contribution in [0.25, 0.3) is 0 Å². The number of hydrogen-bond acceptors (Lipinski definition) is 3. The van der Waals surface area contributed by atoms with Crippen LogP contribution in [0.15, 0.2) is 30.3 Å². The zero-order chi connectivity index (χ0) is 27.7. The molecular formula is C30H45NO4S. The second-order valence-electron chi connectivity index (χ2n) is 11.4. The van der Waals surface area contributed by atoms with Gasteiger partial charge in [0.2, 0.25) is 0 Å². The van der Waals surface area contributed by atoms with Crippen LogP contribution >= 0.6 is 0 Å². The Balaban J connectivity index is 2.93. The van der Waals surface area contributed by atoms with Crippen LogP contribution in [0, 0.1) is 0 Å². The van der Waals surface area contributed by atoms with Crippen molar-refractivity contribution in [1.29, 1.82) is 0 Å². The van der Waals surface area contributed by atoms with E-state index in [0.29, 0.717) is 21.4 Å². The maximum Gasteiger partial charge on any atom is 0.425 e. The highest BCUT2D eigenvalue weighted by Gasteiger charge is 2.40. The minimum Gasteiger partial charge on any atom is -0.464 e. The Morgan fingerprint density at radius 2 is 1.08 bits per heavy atom. The predicted molar refractivity (Wildman–Crippen MR) is 151 cm³/mol. The number of para-hydroxylation sites is 1. The normalized spacial score (nSPS) is 13.3. The molecule has 0 fully saturated rings. The zero-order valence-electron chi connectivity index (χ0n) is 23.9. The SMILES string of the molecule is CC(C)c1cc(C(C)C)c(C(C)S(=O)(=O)N(C(=O)O)c2c(C(C)C)cccc2C(C)C)c(C(C)C)c1. The van der Waals surface area contributed by atoms with Crippen LogP contribution in [-0.4, -0.2) is 19.6 Å². The minimum atomic E-state index is -4.33. The van der Waals surface area contributed by atoms with Crippen molar-refractivity contribution in [2.45, 2.75) is 111 Å². The monoisotopic (exact) mass is 515 g/mol. The summed E-state index contributed by atoms with van der Waals surface area (Å²) >= 11 is 0. The molecule has 0 aliphatic heterocycles. The van der Waals surface area contributed by atoms with E-state index in [1.165, 1.54) is 0 Å². The fourth-order valence-electron chi connectivity index (χ4n) is 4.87. The van der Waals surface area contributed by atoms with Gasteiger partial charge in [-0.2, -0.15) is 4.31 Å². The molecule has 0 aliphatic carbocycles. The minimum absolute atomic E-state index is 0.0474. The molecule has 2 rings (SSSR count). The van der Waals surface area contributed by atoms with Crippen LogP contribution in [0.5, 0.6) is 0 Å². The molecule has 200 valence electrons. The largest absolute Gasteiger partial charge is 0.464 e. The van der Waals surface area contributed by atoms with E-state index in [4.69, 9.17) is 0 Å². The molecule has 1 amide bonds. The second-order valence-corrected chi connectivity index (χ2v) is 13.5. The quantitative estimate of drug-likeness (QED) is 0.362. The van der Waals surface area contributed by atoms with Crippen molar-refractivity contribution in [1.82, 2.24) is 0 Å². The van der Waals surface area contributed by atoms with Crippen molar-refractivity contribution in [2.24, 2.45) is 0 Å². The smallest absolute Gasteiger partial charge is 0.425 e. The molecule has 0 aliphatic rings. The van der Waals surface area contributed by atoms with Crippen LogP contribution in [0.3, 0.4) is 0 Å². The first kappa shape index (κ1) is 29.9. The summed E-state index contributed by atoms with van der Waals surface area (Å²) in [5.41, 5.74) is 5.52. The van der Waals surface area contributed by atoms with Crippen LogP contribution < -0.4 is 4.31 Å². The molecule has 1 atom stereocenters. The molecule has 0 heterocycles. The Morgan fingerprint density at radius 1 is 0.694 bits per heavy atom.